The first-order chi connectivity index (χ1) is 14.9. The topological polar surface area (TPSA) is 73.2 Å². The fourth-order valence-corrected chi connectivity index (χ4v) is 3.63. The number of hydrogen-bond donors (Lipinski definition) is 1. The van der Waals surface area contributed by atoms with E-state index in [2.05, 4.69) is 10.4 Å². The van der Waals surface area contributed by atoms with Crippen LogP contribution >= 0.6 is 0 Å². The molecule has 1 aliphatic rings. The predicted molar refractivity (Wildman–Crippen MR) is 110 cm³/mol. The number of benzene rings is 2. The van der Waals surface area contributed by atoms with Gasteiger partial charge in [0.2, 0.25) is 0 Å². The van der Waals surface area contributed by atoms with Crippen LogP contribution in [0.15, 0.2) is 48.5 Å². The molecular formula is C23H21F2N3O3. The third-order valence-electron chi connectivity index (χ3n) is 5.23. The second-order valence-electron chi connectivity index (χ2n) is 7.39. The maximum absolute atomic E-state index is 13.8. The Morgan fingerprint density at radius 1 is 1.06 bits per heavy atom. The third kappa shape index (κ3) is 4.33. The summed E-state index contributed by atoms with van der Waals surface area (Å²) in [5.41, 5.74) is 2.46. The molecular weight excluding hydrogens is 404 g/mol. The summed E-state index contributed by atoms with van der Waals surface area (Å²) in [5, 5.41) is 6.84. The first-order valence-electron chi connectivity index (χ1n) is 10.1. The van der Waals surface area contributed by atoms with Crippen LogP contribution in [0.3, 0.4) is 0 Å². The molecule has 1 amide bonds. The Bertz CT molecular complexity index is 1130. The molecule has 0 saturated heterocycles. The highest BCUT2D eigenvalue weighted by atomic mass is 19.1. The van der Waals surface area contributed by atoms with E-state index >= 15 is 0 Å². The third-order valence-corrected chi connectivity index (χ3v) is 5.23. The van der Waals surface area contributed by atoms with Gasteiger partial charge < -0.3 is 10.1 Å². The van der Waals surface area contributed by atoms with Gasteiger partial charge in [-0.05, 0) is 69.0 Å². The van der Waals surface area contributed by atoms with Crippen molar-refractivity contribution in [3.8, 4) is 5.69 Å². The fraction of sp³-hybridized carbons (Fsp3) is 0.261. The second-order valence-corrected chi connectivity index (χ2v) is 7.39. The van der Waals surface area contributed by atoms with Crippen molar-refractivity contribution in [3.05, 3.63) is 77.1 Å². The average Bonchev–Trinajstić information content (AvgIpc) is 3.16. The molecule has 3 aromatic rings. The Morgan fingerprint density at radius 2 is 1.77 bits per heavy atom. The summed E-state index contributed by atoms with van der Waals surface area (Å²) in [7, 11) is 0. The summed E-state index contributed by atoms with van der Waals surface area (Å²) in [6, 6.07) is 11.6. The molecule has 1 aromatic heterocycles. The molecule has 0 aliphatic heterocycles. The molecule has 1 aliphatic carbocycles. The molecule has 1 unspecified atom stereocenters. The lowest BCUT2D eigenvalue weighted by atomic mass is 9.95. The zero-order chi connectivity index (χ0) is 22.0. The van der Waals surface area contributed by atoms with Crippen molar-refractivity contribution in [1.82, 2.24) is 9.78 Å². The van der Waals surface area contributed by atoms with Crippen LogP contribution in [-0.2, 0) is 22.4 Å². The number of rotatable bonds is 5. The van der Waals surface area contributed by atoms with Gasteiger partial charge in [-0.3, -0.25) is 4.79 Å². The fourth-order valence-electron chi connectivity index (χ4n) is 3.63. The maximum atomic E-state index is 13.8. The van der Waals surface area contributed by atoms with Crippen LogP contribution in [0.2, 0.25) is 0 Å². The Labute approximate surface area is 177 Å². The number of nitrogens with zero attached hydrogens (tertiary/aromatic N) is 2. The van der Waals surface area contributed by atoms with E-state index in [1.54, 1.807) is 22.9 Å². The molecule has 6 nitrogen and oxygen atoms in total. The van der Waals surface area contributed by atoms with Crippen LogP contribution < -0.4 is 5.32 Å². The molecule has 0 bridgehead atoms. The van der Waals surface area contributed by atoms with Crippen molar-refractivity contribution in [2.24, 2.45) is 0 Å². The summed E-state index contributed by atoms with van der Waals surface area (Å²) >= 11 is 0. The minimum atomic E-state index is -1.15. The van der Waals surface area contributed by atoms with Gasteiger partial charge in [-0.2, -0.15) is 5.10 Å². The number of anilines is 1. The van der Waals surface area contributed by atoms with Crippen molar-refractivity contribution in [2.75, 3.05) is 5.32 Å². The molecule has 0 saturated carbocycles. The average molecular weight is 425 g/mol. The molecule has 31 heavy (non-hydrogen) atoms. The van der Waals surface area contributed by atoms with Crippen molar-refractivity contribution in [3.63, 3.8) is 0 Å². The lowest BCUT2D eigenvalue weighted by Crippen LogP contribution is -2.30. The van der Waals surface area contributed by atoms with Crippen LogP contribution in [-0.4, -0.2) is 27.8 Å². The van der Waals surface area contributed by atoms with Crippen molar-refractivity contribution in [1.29, 1.82) is 0 Å². The molecule has 1 heterocycles. The van der Waals surface area contributed by atoms with Crippen LogP contribution in [0.5, 0.6) is 0 Å². The van der Waals surface area contributed by atoms with Gasteiger partial charge in [0, 0.05) is 11.3 Å². The van der Waals surface area contributed by atoms with Gasteiger partial charge in [0.05, 0.1) is 11.4 Å². The molecule has 2 aromatic carbocycles. The highest BCUT2D eigenvalue weighted by molar-refractivity contribution is 5.97. The number of carbonyl (C=O) groups excluding carboxylic acids is 2. The Kier molecular flexibility index (Phi) is 5.79. The molecule has 160 valence electrons. The van der Waals surface area contributed by atoms with E-state index in [1.807, 2.05) is 0 Å². The summed E-state index contributed by atoms with van der Waals surface area (Å²) in [5.74, 6) is -2.32. The number of nitrogens with one attached hydrogen (secondary N) is 1. The number of hydrogen-bond acceptors (Lipinski definition) is 4. The number of carbonyl (C=O) groups is 2. The smallest absolute Gasteiger partial charge is 0.359 e. The number of amides is 1. The minimum absolute atomic E-state index is 0.00775. The lowest BCUT2D eigenvalue weighted by Gasteiger charge is -2.15. The van der Waals surface area contributed by atoms with E-state index in [4.69, 9.17) is 4.74 Å². The maximum Gasteiger partial charge on any atom is 0.359 e. The van der Waals surface area contributed by atoms with Gasteiger partial charge in [0.15, 0.2) is 11.8 Å². The summed E-state index contributed by atoms with van der Waals surface area (Å²) in [4.78, 5) is 25.2. The van der Waals surface area contributed by atoms with Gasteiger partial charge >= 0.3 is 5.97 Å². The van der Waals surface area contributed by atoms with Crippen LogP contribution in [0, 0.1) is 11.6 Å². The minimum Gasteiger partial charge on any atom is -0.448 e. The number of aromatic nitrogens is 2. The number of fused-ring (bicyclic) bond motifs is 1. The van der Waals surface area contributed by atoms with E-state index in [9.17, 15) is 18.4 Å². The molecule has 4 rings (SSSR count). The van der Waals surface area contributed by atoms with E-state index < -0.39 is 23.8 Å². The van der Waals surface area contributed by atoms with Crippen molar-refractivity contribution < 1.29 is 23.1 Å². The van der Waals surface area contributed by atoms with E-state index in [0.717, 1.165) is 30.5 Å². The predicted octanol–water partition coefficient (Wildman–Crippen LogP) is 4.21. The molecule has 1 atom stereocenters. The quantitative estimate of drug-likeness (QED) is 0.622. The van der Waals surface area contributed by atoms with E-state index in [-0.39, 0.29) is 17.2 Å². The molecule has 8 heteroatoms. The zero-order valence-corrected chi connectivity index (χ0v) is 16.9. The Hall–Kier alpha value is -3.55. The summed E-state index contributed by atoms with van der Waals surface area (Å²) < 4.78 is 34.0. The SMILES string of the molecule is CC(OC(=O)c1nn(-c2ccc(F)cc2)c2c1CCCC2)C(=O)Nc1ccccc1F. The summed E-state index contributed by atoms with van der Waals surface area (Å²) in [6.45, 7) is 1.41. The largest absolute Gasteiger partial charge is 0.448 e. The second kappa shape index (κ2) is 8.67. The van der Waals surface area contributed by atoms with Crippen molar-refractivity contribution >= 4 is 17.6 Å². The molecule has 0 spiro atoms. The van der Waals surface area contributed by atoms with Gasteiger partial charge in [-0.15, -0.1) is 0 Å². The first kappa shape index (κ1) is 20.7. The van der Waals surface area contributed by atoms with E-state index in [1.165, 1.54) is 37.3 Å². The Balaban J connectivity index is 1.55. The zero-order valence-electron chi connectivity index (χ0n) is 16.9. The Morgan fingerprint density at radius 3 is 2.52 bits per heavy atom. The first-order valence-corrected chi connectivity index (χ1v) is 10.1. The number of esters is 1. The number of para-hydroxylation sites is 1. The lowest BCUT2D eigenvalue weighted by molar-refractivity contribution is -0.123. The number of halogens is 2. The van der Waals surface area contributed by atoms with Crippen LogP contribution in [0.4, 0.5) is 14.5 Å². The highest BCUT2D eigenvalue weighted by Gasteiger charge is 2.29. The highest BCUT2D eigenvalue weighted by Crippen LogP contribution is 2.28. The van der Waals surface area contributed by atoms with Gasteiger partial charge in [-0.1, -0.05) is 12.1 Å². The van der Waals surface area contributed by atoms with Crippen molar-refractivity contribution in [2.45, 2.75) is 38.7 Å². The summed E-state index contributed by atoms with van der Waals surface area (Å²) in [6.07, 6.45) is 2.11. The molecule has 0 fully saturated rings. The normalized spacial score (nSPS) is 13.9. The van der Waals surface area contributed by atoms with E-state index in [0.29, 0.717) is 12.1 Å². The van der Waals surface area contributed by atoms with Crippen LogP contribution in [0.1, 0.15) is 41.5 Å². The van der Waals surface area contributed by atoms with Gasteiger partial charge in [-0.25, -0.2) is 18.3 Å². The monoisotopic (exact) mass is 425 g/mol. The van der Waals surface area contributed by atoms with Gasteiger partial charge in [0.25, 0.3) is 5.91 Å². The van der Waals surface area contributed by atoms with Crippen LogP contribution in [0.25, 0.3) is 5.69 Å². The van der Waals surface area contributed by atoms with Gasteiger partial charge in [0.1, 0.15) is 11.6 Å². The number of ether oxygens (including phenoxy) is 1. The molecule has 0 radical (unpaired) electrons. The standard InChI is InChI=1S/C23H21F2N3O3/c1-14(22(29)26-19-8-4-3-7-18(19)25)31-23(30)21-17-6-2-5-9-20(17)28(27-21)16-12-10-15(24)11-13-16/h3-4,7-8,10-14H,2,5-6,9H2,1H3,(H,26,29). The molecule has 1 N–H and O–H groups in total.